The van der Waals surface area contributed by atoms with Crippen molar-refractivity contribution in [3.8, 4) is 0 Å². The molecule has 1 aliphatic rings. The molecule has 66 heavy (non-hydrogen) atoms. The number of ketones is 2. The minimum absolute atomic E-state index is 0.00232. The number of carbonyl (C=O) groups excluding carboxylic acids is 5. The number of aliphatic hydroxyl groups excluding tert-OH is 1. The van der Waals surface area contributed by atoms with Crippen LogP contribution in [0.15, 0.2) is 106 Å². The minimum Gasteiger partial charge on any atom is -0.507 e. The number of carbonyl (C=O) groups is 6. The Balaban J connectivity index is 0.000000295. The number of rotatable bonds is 19. The topological polar surface area (TPSA) is 226 Å². The summed E-state index contributed by atoms with van der Waals surface area (Å²) in [6, 6.07) is 27.2. The quantitative estimate of drug-likeness (QED) is 0.0486. The molecule has 0 saturated carbocycles. The number of aliphatic carboxylic acids is 1. The first kappa shape index (κ1) is 55.9. The van der Waals surface area contributed by atoms with E-state index in [0.717, 1.165) is 0 Å². The third kappa shape index (κ3) is 19.1. The van der Waals surface area contributed by atoms with Gasteiger partial charge >= 0.3 is 26.2 Å². The maximum absolute atomic E-state index is 12.7. The van der Waals surface area contributed by atoms with Crippen LogP contribution in [0.2, 0.25) is 21.7 Å². The van der Waals surface area contributed by atoms with Crippen LogP contribution in [-0.2, 0) is 28.5 Å². The van der Waals surface area contributed by atoms with Crippen molar-refractivity contribution in [2.45, 2.75) is 77.2 Å². The maximum Gasteiger partial charge on any atom is 0.531 e. The van der Waals surface area contributed by atoms with Gasteiger partial charge in [-0.05, 0) is 72.2 Å². The number of carboxylic acid groups (broad SMARTS) is 1. The van der Waals surface area contributed by atoms with Crippen LogP contribution in [0.3, 0.4) is 0 Å². The number of hydrogen-bond donors (Lipinski definition) is 6. The molecule has 14 nitrogen and oxygen atoms in total. The van der Waals surface area contributed by atoms with Gasteiger partial charge in [-0.25, -0.2) is 4.79 Å². The molecule has 1 saturated heterocycles. The van der Waals surface area contributed by atoms with Crippen LogP contribution in [0.5, 0.6) is 0 Å². The molecule has 4 aromatic carbocycles. The zero-order valence-corrected chi connectivity index (χ0v) is 41.3. The number of Topliss-reactive ketones (excluding diaryl/α,β-unsaturated/α-hetero) is 2. The van der Waals surface area contributed by atoms with Gasteiger partial charge in [-0.2, -0.15) is 0 Å². The van der Waals surface area contributed by atoms with E-state index in [2.05, 4.69) is 42.5 Å². The van der Waals surface area contributed by atoms with Crippen molar-refractivity contribution < 1.29 is 58.3 Å². The normalized spacial score (nSPS) is 14.4. The molecule has 6 N–H and O–H groups in total. The Bertz CT molecular complexity index is 2260. The number of amides is 2. The van der Waals surface area contributed by atoms with Crippen LogP contribution in [-0.4, -0.2) is 82.9 Å². The van der Waals surface area contributed by atoms with E-state index in [-0.39, 0.29) is 66.3 Å². The molecular weight excluding hydrogens is 1020 g/mol. The smallest absolute Gasteiger partial charge is 0.507 e. The summed E-state index contributed by atoms with van der Waals surface area (Å²) in [5.41, 5.74) is 1.67. The Morgan fingerprint density at radius 3 is 1.65 bits per heavy atom. The van der Waals surface area contributed by atoms with Crippen molar-refractivity contribution in [3.05, 3.63) is 138 Å². The van der Waals surface area contributed by atoms with Crippen LogP contribution in [0.1, 0.15) is 97.4 Å². The largest absolute Gasteiger partial charge is 0.531 e. The molecule has 0 aromatic heterocycles. The van der Waals surface area contributed by atoms with Gasteiger partial charge in [0.1, 0.15) is 0 Å². The van der Waals surface area contributed by atoms with Crippen LogP contribution in [0.25, 0.3) is 0 Å². The van der Waals surface area contributed by atoms with E-state index >= 15 is 0 Å². The Kier molecular flexibility index (Phi) is 23.8. The Hall–Kier alpha value is -4.39. The molecule has 0 spiro atoms. The van der Waals surface area contributed by atoms with E-state index in [0.29, 0.717) is 43.0 Å². The van der Waals surface area contributed by atoms with Crippen molar-refractivity contribution >= 4 is 105 Å². The van der Waals surface area contributed by atoms with E-state index in [1.807, 2.05) is 45.9 Å². The number of halogens is 4. The second-order valence-electron chi connectivity index (χ2n) is 16.2. The molecule has 5 rings (SSSR count). The zero-order chi connectivity index (χ0) is 49.1. The van der Waals surface area contributed by atoms with Crippen molar-refractivity contribution in [1.29, 1.82) is 0 Å². The lowest BCUT2D eigenvalue weighted by Crippen LogP contribution is -2.33. The molecule has 4 atom stereocenters. The molecule has 1 aliphatic heterocycles. The SMILES string of the molecule is CC(C)C[C@H](CC(=O)CNC(=O)c1cc(Br)ccc1Cl)B(O)O.CC(C)C[C@H](CC(=O)CNC(=O)c1cc(Br)ccc1Cl)B1OC(=O)[C@@H](c2ccccc2)O1.O=C(O)[C@H](O)c1ccccc1. The fourth-order valence-electron chi connectivity index (χ4n) is 6.65. The van der Waals surface area contributed by atoms with E-state index in [1.165, 1.54) is 0 Å². The van der Waals surface area contributed by atoms with Gasteiger partial charge in [0.2, 0.25) is 0 Å². The summed E-state index contributed by atoms with van der Waals surface area (Å²) in [6.07, 6.45) is -0.932. The van der Waals surface area contributed by atoms with E-state index < -0.39 is 56.0 Å². The van der Waals surface area contributed by atoms with Crippen LogP contribution >= 0.6 is 55.1 Å². The molecule has 1 heterocycles. The third-order valence-electron chi connectivity index (χ3n) is 9.74. The van der Waals surface area contributed by atoms with Gasteiger partial charge in [-0.15, -0.1) is 0 Å². The molecule has 20 heteroatoms. The molecule has 352 valence electrons. The van der Waals surface area contributed by atoms with Crippen molar-refractivity contribution in [2.24, 2.45) is 11.8 Å². The maximum atomic E-state index is 12.7. The lowest BCUT2D eigenvalue weighted by molar-refractivity contribution is -0.147. The average Bonchev–Trinajstić information content (AvgIpc) is 3.67. The average molecular weight is 1080 g/mol. The van der Waals surface area contributed by atoms with Gasteiger partial charge in [-0.1, -0.05) is 143 Å². The fraction of sp³-hybridized carbons (Fsp3) is 0.348. The first-order valence-electron chi connectivity index (χ1n) is 20.9. The van der Waals surface area contributed by atoms with Crippen LogP contribution < -0.4 is 10.6 Å². The van der Waals surface area contributed by atoms with E-state index in [4.69, 9.17) is 42.7 Å². The van der Waals surface area contributed by atoms with Crippen molar-refractivity contribution in [1.82, 2.24) is 10.6 Å². The van der Waals surface area contributed by atoms with E-state index in [1.54, 1.807) is 78.9 Å². The summed E-state index contributed by atoms with van der Waals surface area (Å²) < 4.78 is 12.8. The Morgan fingerprint density at radius 2 is 1.20 bits per heavy atom. The zero-order valence-electron chi connectivity index (χ0n) is 36.7. The van der Waals surface area contributed by atoms with Gasteiger partial charge in [0, 0.05) is 33.4 Å². The molecule has 0 aliphatic carbocycles. The second kappa shape index (κ2) is 28.1. The number of aliphatic hydroxyl groups is 1. The standard InChI is InChI=1S/C23H24BBrClNO5.C15H20BBrClNO4.C8H8O3/c1-14(2)10-16(24-31-21(23(30)32-24)15-6-4-3-5-7-15)11-18(28)13-27-22(29)19-12-17(25)8-9-20(19)26;1-9(2)5-10(16(22)23)6-12(20)8-19-15(21)13-7-11(17)3-4-14(13)18;9-7(8(10)11)6-4-2-1-3-5-6/h3-9,12,14,16,21H,10-11,13H2,1-2H3,(H,27,29);3-4,7,9-10,22-23H,5-6,8H2,1-2H3,(H,19,21);1-5,7,9H,(H,10,11)/t16-,21-;10-;7-/m111/s1. The first-order chi connectivity index (χ1) is 31.2. The number of carboxylic acids is 1. The van der Waals surface area contributed by atoms with Crippen molar-refractivity contribution in [2.75, 3.05) is 13.1 Å². The number of nitrogens with one attached hydrogen (secondary N) is 2. The van der Waals surface area contributed by atoms with Crippen LogP contribution in [0.4, 0.5) is 0 Å². The minimum atomic E-state index is -1.54. The third-order valence-corrected chi connectivity index (χ3v) is 11.4. The second-order valence-corrected chi connectivity index (χ2v) is 18.8. The van der Waals surface area contributed by atoms with Crippen molar-refractivity contribution in [3.63, 3.8) is 0 Å². The highest BCUT2D eigenvalue weighted by atomic mass is 79.9. The Labute approximate surface area is 411 Å². The summed E-state index contributed by atoms with van der Waals surface area (Å²) in [7, 11) is -2.36. The molecule has 2 amide bonds. The predicted molar refractivity (Wildman–Crippen MR) is 260 cm³/mol. The lowest BCUT2D eigenvalue weighted by Gasteiger charge is -2.19. The predicted octanol–water partition coefficient (Wildman–Crippen LogP) is 8.50. The Morgan fingerprint density at radius 1 is 0.727 bits per heavy atom. The molecule has 0 unspecified atom stereocenters. The van der Waals surface area contributed by atoms with Crippen LogP contribution in [0, 0.1) is 11.8 Å². The van der Waals surface area contributed by atoms with Gasteiger partial charge in [-0.3, -0.25) is 24.0 Å². The van der Waals surface area contributed by atoms with Gasteiger partial charge < -0.3 is 40.2 Å². The highest BCUT2D eigenvalue weighted by Gasteiger charge is 2.46. The van der Waals surface area contributed by atoms with E-state index in [9.17, 15) is 38.8 Å². The number of hydrogen-bond acceptors (Lipinski definition) is 11. The van der Waals surface area contributed by atoms with Gasteiger partial charge in [0.25, 0.3) is 11.8 Å². The molecule has 1 fully saturated rings. The lowest BCUT2D eigenvalue weighted by atomic mass is 9.65. The summed E-state index contributed by atoms with van der Waals surface area (Å²) in [5, 5.41) is 41.8. The summed E-state index contributed by atoms with van der Waals surface area (Å²) in [4.78, 5) is 71.7. The fourth-order valence-corrected chi connectivity index (χ4v) is 7.78. The van der Waals surface area contributed by atoms with Gasteiger partial charge in [0.15, 0.2) is 23.8 Å². The molecule has 4 aromatic rings. The summed E-state index contributed by atoms with van der Waals surface area (Å²) in [6.45, 7) is 7.61. The monoisotopic (exact) mass is 1070 g/mol. The highest BCUT2D eigenvalue weighted by Crippen LogP contribution is 2.36. The number of benzene rings is 4. The first-order valence-corrected chi connectivity index (χ1v) is 23.2. The summed E-state index contributed by atoms with van der Waals surface area (Å²) >= 11 is 18.6. The van der Waals surface area contributed by atoms with Gasteiger partial charge in [0.05, 0.1) is 34.3 Å². The molecular formula is C46H52B2Br2Cl2N2O12. The molecule has 0 bridgehead atoms. The molecule has 0 radical (unpaired) electrons. The highest BCUT2D eigenvalue weighted by molar-refractivity contribution is 9.10. The summed E-state index contributed by atoms with van der Waals surface area (Å²) in [5.74, 6) is -3.35.